The number of nitrogens with two attached hydrogens (primary N) is 1. The smallest absolute Gasteiger partial charge is 0.124 e. The number of pyridine rings is 1. The number of benzene rings is 1. The van der Waals surface area contributed by atoms with Crippen LogP contribution in [0.25, 0.3) is 0 Å². The summed E-state index contributed by atoms with van der Waals surface area (Å²) in [6.07, 6.45) is 1.63. The van der Waals surface area contributed by atoms with Gasteiger partial charge in [-0.15, -0.1) is 0 Å². The van der Waals surface area contributed by atoms with Crippen molar-refractivity contribution in [1.29, 1.82) is 0 Å². The molecular formula is C13H11Cl2N3S. The van der Waals surface area contributed by atoms with Gasteiger partial charge in [-0.05, 0) is 36.8 Å². The van der Waals surface area contributed by atoms with E-state index in [4.69, 9.17) is 41.2 Å². The number of aryl methyl sites for hydroxylation is 1. The number of nitrogens with one attached hydrogen (secondary N) is 1. The van der Waals surface area contributed by atoms with Gasteiger partial charge in [0, 0.05) is 11.2 Å². The van der Waals surface area contributed by atoms with Gasteiger partial charge in [-0.25, -0.2) is 0 Å². The molecule has 0 aliphatic heterocycles. The minimum atomic E-state index is 0.220. The topological polar surface area (TPSA) is 50.9 Å². The molecule has 6 heteroatoms. The second-order valence-corrected chi connectivity index (χ2v) is 5.22. The Morgan fingerprint density at radius 2 is 2.00 bits per heavy atom. The normalized spacial score (nSPS) is 10.3. The van der Waals surface area contributed by atoms with Gasteiger partial charge < -0.3 is 11.1 Å². The summed E-state index contributed by atoms with van der Waals surface area (Å²) < 4.78 is 0. The standard InChI is InChI=1S/C13H11Cl2N3S/c1-7-5-9(15)11(6-8(7)14)18-10-3-2-4-17-12(10)13(16)19/h2-6,18H,1H3,(H2,16,19). The van der Waals surface area contributed by atoms with Gasteiger partial charge in [0.2, 0.25) is 0 Å². The molecule has 0 spiro atoms. The summed E-state index contributed by atoms with van der Waals surface area (Å²) in [6, 6.07) is 7.16. The van der Waals surface area contributed by atoms with Gasteiger partial charge in [0.25, 0.3) is 0 Å². The number of aromatic nitrogens is 1. The average Bonchev–Trinajstić information content (AvgIpc) is 2.36. The molecule has 0 fully saturated rings. The highest BCUT2D eigenvalue weighted by Gasteiger charge is 2.09. The van der Waals surface area contributed by atoms with E-state index >= 15 is 0 Å². The first-order valence-electron chi connectivity index (χ1n) is 5.46. The predicted molar refractivity (Wildman–Crippen MR) is 84.6 cm³/mol. The molecule has 0 unspecified atom stereocenters. The molecule has 19 heavy (non-hydrogen) atoms. The lowest BCUT2D eigenvalue weighted by atomic mass is 10.2. The van der Waals surface area contributed by atoms with E-state index in [1.165, 1.54) is 0 Å². The van der Waals surface area contributed by atoms with Gasteiger partial charge in [0.05, 0.1) is 16.4 Å². The highest BCUT2D eigenvalue weighted by Crippen LogP contribution is 2.31. The number of hydrogen-bond donors (Lipinski definition) is 2. The summed E-state index contributed by atoms with van der Waals surface area (Å²) in [6.45, 7) is 1.89. The molecule has 1 aromatic carbocycles. The van der Waals surface area contributed by atoms with Crippen molar-refractivity contribution in [3.8, 4) is 0 Å². The van der Waals surface area contributed by atoms with Crippen molar-refractivity contribution in [2.45, 2.75) is 6.92 Å². The molecule has 1 aromatic heterocycles. The molecule has 2 rings (SSSR count). The fourth-order valence-electron chi connectivity index (χ4n) is 1.59. The molecule has 3 N–H and O–H groups in total. The quantitative estimate of drug-likeness (QED) is 0.839. The first-order chi connectivity index (χ1) is 8.99. The zero-order valence-corrected chi connectivity index (χ0v) is 12.4. The Hall–Kier alpha value is -1.36. The maximum absolute atomic E-state index is 6.18. The fourth-order valence-corrected chi connectivity index (χ4v) is 2.18. The first-order valence-corrected chi connectivity index (χ1v) is 6.63. The Morgan fingerprint density at radius 3 is 2.68 bits per heavy atom. The number of rotatable bonds is 3. The third-order valence-electron chi connectivity index (χ3n) is 2.56. The Kier molecular flexibility index (Phi) is 4.24. The number of anilines is 2. The molecule has 0 amide bonds. The van der Waals surface area contributed by atoms with Crippen LogP contribution in [0.1, 0.15) is 11.3 Å². The van der Waals surface area contributed by atoms with Gasteiger partial charge in [-0.3, -0.25) is 4.98 Å². The van der Waals surface area contributed by atoms with Crippen molar-refractivity contribution in [3.05, 3.63) is 51.8 Å². The minimum Gasteiger partial charge on any atom is -0.388 e. The SMILES string of the molecule is Cc1cc(Cl)c(Nc2cccnc2C(N)=S)cc1Cl. The minimum absolute atomic E-state index is 0.220. The van der Waals surface area contributed by atoms with Gasteiger partial charge in [0.15, 0.2) is 0 Å². The second kappa shape index (κ2) is 5.74. The largest absolute Gasteiger partial charge is 0.388 e. The Labute approximate surface area is 126 Å². The average molecular weight is 312 g/mol. The van der Waals surface area contributed by atoms with Gasteiger partial charge in [-0.2, -0.15) is 0 Å². The Morgan fingerprint density at radius 1 is 1.26 bits per heavy atom. The summed E-state index contributed by atoms with van der Waals surface area (Å²) in [7, 11) is 0. The summed E-state index contributed by atoms with van der Waals surface area (Å²) in [5.41, 5.74) is 8.44. The van der Waals surface area contributed by atoms with Crippen LogP contribution in [0.15, 0.2) is 30.5 Å². The summed E-state index contributed by atoms with van der Waals surface area (Å²) in [4.78, 5) is 4.36. The maximum atomic E-state index is 6.18. The Bertz CT molecular complexity index is 644. The third-order valence-corrected chi connectivity index (χ3v) is 3.47. The van der Waals surface area contributed by atoms with Crippen LogP contribution in [0.4, 0.5) is 11.4 Å². The highest BCUT2D eigenvalue weighted by molar-refractivity contribution is 7.80. The molecule has 0 aliphatic rings. The summed E-state index contributed by atoms with van der Waals surface area (Å²) >= 11 is 17.2. The van der Waals surface area contributed by atoms with Crippen LogP contribution in [-0.2, 0) is 0 Å². The third kappa shape index (κ3) is 3.15. The van der Waals surface area contributed by atoms with Crippen molar-refractivity contribution in [3.63, 3.8) is 0 Å². The van der Waals surface area contributed by atoms with Crippen LogP contribution in [0, 0.1) is 6.92 Å². The molecule has 0 saturated heterocycles. The molecule has 0 saturated carbocycles. The van der Waals surface area contributed by atoms with Crippen LogP contribution >= 0.6 is 35.4 Å². The molecule has 2 aromatic rings. The van der Waals surface area contributed by atoms with E-state index in [2.05, 4.69) is 10.3 Å². The first kappa shape index (κ1) is 14.1. The Balaban J connectivity index is 2.42. The molecule has 0 atom stereocenters. The lowest BCUT2D eigenvalue weighted by Gasteiger charge is -2.12. The van der Waals surface area contributed by atoms with Crippen LogP contribution in [0.3, 0.4) is 0 Å². The van der Waals surface area contributed by atoms with Crippen LogP contribution < -0.4 is 11.1 Å². The van der Waals surface area contributed by atoms with Gasteiger partial charge in [-0.1, -0.05) is 35.4 Å². The van der Waals surface area contributed by atoms with E-state index in [1.807, 2.05) is 13.0 Å². The molecule has 0 radical (unpaired) electrons. The lowest BCUT2D eigenvalue weighted by Crippen LogP contribution is -2.13. The van der Waals surface area contributed by atoms with Gasteiger partial charge in [0.1, 0.15) is 10.7 Å². The molecule has 0 bridgehead atoms. The van der Waals surface area contributed by atoms with E-state index in [-0.39, 0.29) is 4.99 Å². The summed E-state index contributed by atoms with van der Waals surface area (Å²) in [5.74, 6) is 0. The molecular weight excluding hydrogens is 301 g/mol. The second-order valence-electron chi connectivity index (χ2n) is 3.97. The van der Waals surface area contributed by atoms with Crippen LogP contribution in [0.2, 0.25) is 10.0 Å². The van der Waals surface area contributed by atoms with Crippen molar-refractivity contribution in [1.82, 2.24) is 4.98 Å². The molecule has 98 valence electrons. The predicted octanol–water partition coefficient (Wildman–Crippen LogP) is 4.07. The van der Waals surface area contributed by atoms with E-state index in [1.54, 1.807) is 24.4 Å². The molecule has 0 aliphatic carbocycles. The van der Waals surface area contributed by atoms with E-state index in [0.29, 0.717) is 27.1 Å². The number of halogens is 2. The zero-order valence-electron chi connectivity index (χ0n) is 10.1. The van der Waals surface area contributed by atoms with Crippen LogP contribution in [-0.4, -0.2) is 9.97 Å². The van der Waals surface area contributed by atoms with Crippen molar-refractivity contribution < 1.29 is 0 Å². The van der Waals surface area contributed by atoms with E-state index in [0.717, 1.165) is 5.56 Å². The fraction of sp³-hybridized carbons (Fsp3) is 0.0769. The van der Waals surface area contributed by atoms with Crippen molar-refractivity contribution in [2.75, 3.05) is 5.32 Å². The van der Waals surface area contributed by atoms with E-state index < -0.39 is 0 Å². The monoisotopic (exact) mass is 311 g/mol. The number of thiocarbonyl (C=S) groups is 1. The van der Waals surface area contributed by atoms with Crippen LogP contribution in [0.5, 0.6) is 0 Å². The molecule has 1 heterocycles. The van der Waals surface area contributed by atoms with Crippen molar-refractivity contribution in [2.24, 2.45) is 5.73 Å². The van der Waals surface area contributed by atoms with Gasteiger partial charge >= 0.3 is 0 Å². The van der Waals surface area contributed by atoms with E-state index in [9.17, 15) is 0 Å². The maximum Gasteiger partial charge on any atom is 0.124 e. The highest BCUT2D eigenvalue weighted by atomic mass is 35.5. The van der Waals surface area contributed by atoms with Crippen molar-refractivity contribution >= 4 is 51.8 Å². The molecule has 3 nitrogen and oxygen atoms in total. The summed E-state index contributed by atoms with van der Waals surface area (Å²) in [5, 5.41) is 4.35. The number of hydrogen-bond acceptors (Lipinski definition) is 3. The lowest BCUT2D eigenvalue weighted by molar-refractivity contribution is 1.28. The number of nitrogens with zero attached hydrogens (tertiary/aromatic N) is 1. The zero-order chi connectivity index (χ0) is 14.0.